The summed E-state index contributed by atoms with van der Waals surface area (Å²) in [7, 11) is 0. The van der Waals surface area contributed by atoms with Crippen molar-refractivity contribution in [2.75, 3.05) is 25.0 Å². The van der Waals surface area contributed by atoms with Gasteiger partial charge in [-0.1, -0.05) is 13.3 Å². The van der Waals surface area contributed by atoms with Crippen molar-refractivity contribution in [3.8, 4) is 5.75 Å². The molecule has 3 amide bonds. The summed E-state index contributed by atoms with van der Waals surface area (Å²) in [6, 6.07) is 16.7. The number of ether oxygens (including phenoxy) is 1. The van der Waals surface area contributed by atoms with Crippen molar-refractivity contribution in [2.24, 2.45) is 0 Å². The fraction of sp³-hybridized carbons (Fsp3) is 0.240. The number of amides is 3. The molecule has 0 atom stereocenters. The van der Waals surface area contributed by atoms with Crippen LogP contribution in [0.3, 0.4) is 0 Å². The maximum atomic E-state index is 12.4. The first-order chi connectivity index (χ1) is 16.1. The molecular formula is C25H27N3O5. The van der Waals surface area contributed by atoms with Crippen LogP contribution in [0.1, 0.15) is 51.0 Å². The summed E-state index contributed by atoms with van der Waals surface area (Å²) in [5.41, 5.74) is 1.53. The quantitative estimate of drug-likeness (QED) is 0.385. The first-order valence-electron chi connectivity index (χ1n) is 10.8. The third-order valence-corrected chi connectivity index (χ3v) is 4.73. The molecule has 3 rings (SSSR count). The van der Waals surface area contributed by atoms with Crippen LogP contribution in [-0.4, -0.2) is 37.4 Å². The van der Waals surface area contributed by atoms with E-state index in [1.807, 2.05) is 0 Å². The summed E-state index contributed by atoms with van der Waals surface area (Å²) in [6.45, 7) is 3.28. The maximum absolute atomic E-state index is 12.4. The van der Waals surface area contributed by atoms with Gasteiger partial charge in [-0.05, 0) is 67.1 Å². The molecule has 0 aliphatic rings. The highest BCUT2D eigenvalue weighted by molar-refractivity contribution is 6.04. The molecule has 3 N–H and O–H groups in total. The molecule has 0 spiro atoms. The molecule has 33 heavy (non-hydrogen) atoms. The average Bonchev–Trinajstić information content (AvgIpc) is 3.38. The summed E-state index contributed by atoms with van der Waals surface area (Å²) in [5, 5.41) is 8.18. The number of rotatable bonds is 11. The first kappa shape index (κ1) is 23.6. The van der Waals surface area contributed by atoms with Crippen LogP contribution in [0, 0.1) is 0 Å². The minimum Gasteiger partial charge on any atom is -0.494 e. The molecule has 0 saturated carbocycles. The number of carbonyl (C=O) groups is 3. The highest BCUT2D eigenvalue weighted by Gasteiger charge is 2.10. The second-order valence-electron chi connectivity index (χ2n) is 7.25. The Morgan fingerprint density at radius 1 is 0.818 bits per heavy atom. The SMILES string of the molecule is CCCCOc1ccc(C(=O)Nc2ccc(C(=O)NCCNC(=O)c3ccco3)cc2)cc1. The van der Waals surface area contributed by atoms with Crippen molar-refractivity contribution in [1.82, 2.24) is 10.6 Å². The van der Waals surface area contributed by atoms with Gasteiger partial charge in [-0.3, -0.25) is 14.4 Å². The third-order valence-electron chi connectivity index (χ3n) is 4.73. The van der Waals surface area contributed by atoms with E-state index in [1.165, 1.54) is 6.26 Å². The van der Waals surface area contributed by atoms with E-state index in [9.17, 15) is 14.4 Å². The van der Waals surface area contributed by atoms with Crippen LogP contribution in [0.15, 0.2) is 71.3 Å². The molecule has 8 heteroatoms. The third kappa shape index (κ3) is 7.24. The van der Waals surface area contributed by atoms with Gasteiger partial charge in [0, 0.05) is 29.9 Å². The van der Waals surface area contributed by atoms with Crippen LogP contribution in [0.5, 0.6) is 5.75 Å². The van der Waals surface area contributed by atoms with Gasteiger partial charge in [0.15, 0.2) is 5.76 Å². The number of furan rings is 1. The Morgan fingerprint density at radius 2 is 1.45 bits per heavy atom. The van der Waals surface area contributed by atoms with Gasteiger partial charge in [-0.25, -0.2) is 0 Å². The van der Waals surface area contributed by atoms with Gasteiger partial charge in [0.1, 0.15) is 5.75 Å². The lowest BCUT2D eigenvalue weighted by Gasteiger charge is -2.09. The number of nitrogens with one attached hydrogen (secondary N) is 3. The van der Waals surface area contributed by atoms with Gasteiger partial charge in [-0.15, -0.1) is 0 Å². The van der Waals surface area contributed by atoms with Gasteiger partial charge in [0.25, 0.3) is 17.7 Å². The summed E-state index contributed by atoms with van der Waals surface area (Å²) in [4.78, 5) is 36.5. The maximum Gasteiger partial charge on any atom is 0.287 e. The monoisotopic (exact) mass is 449 g/mol. The molecule has 0 aliphatic carbocycles. The van der Waals surface area contributed by atoms with E-state index in [1.54, 1.807) is 60.7 Å². The number of hydrogen-bond acceptors (Lipinski definition) is 5. The lowest BCUT2D eigenvalue weighted by atomic mass is 10.1. The molecule has 0 fully saturated rings. The Kier molecular flexibility index (Phi) is 8.64. The molecule has 1 aromatic heterocycles. The Hall–Kier alpha value is -4.07. The lowest BCUT2D eigenvalue weighted by Crippen LogP contribution is -2.34. The molecular weight excluding hydrogens is 422 g/mol. The van der Waals surface area contributed by atoms with E-state index < -0.39 is 0 Å². The molecule has 172 valence electrons. The van der Waals surface area contributed by atoms with Crippen LogP contribution in [0.2, 0.25) is 0 Å². The second-order valence-corrected chi connectivity index (χ2v) is 7.25. The minimum absolute atomic E-state index is 0.218. The molecule has 0 bridgehead atoms. The number of anilines is 1. The normalized spacial score (nSPS) is 10.3. The van der Waals surface area contributed by atoms with Crippen molar-refractivity contribution in [3.63, 3.8) is 0 Å². The zero-order valence-electron chi connectivity index (χ0n) is 18.4. The lowest BCUT2D eigenvalue weighted by molar-refractivity contribution is 0.0910. The Labute approximate surface area is 192 Å². The largest absolute Gasteiger partial charge is 0.494 e. The Balaban J connectivity index is 1.42. The van der Waals surface area contributed by atoms with Gasteiger partial charge in [0.05, 0.1) is 12.9 Å². The van der Waals surface area contributed by atoms with Gasteiger partial charge in [-0.2, -0.15) is 0 Å². The fourth-order valence-corrected chi connectivity index (χ4v) is 2.89. The van der Waals surface area contributed by atoms with E-state index in [0.29, 0.717) is 23.4 Å². The van der Waals surface area contributed by atoms with E-state index in [2.05, 4.69) is 22.9 Å². The van der Waals surface area contributed by atoms with Crippen molar-refractivity contribution in [1.29, 1.82) is 0 Å². The van der Waals surface area contributed by atoms with Crippen molar-refractivity contribution >= 4 is 23.4 Å². The Bertz CT molecular complexity index is 1040. The summed E-state index contributed by atoms with van der Waals surface area (Å²) in [6.07, 6.45) is 3.47. The predicted octanol–water partition coefficient (Wildman–Crippen LogP) is 3.87. The highest BCUT2D eigenvalue weighted by atomic mass is 16.5. The molecule has 0 saturated heterocycles. The number of hydrogen-bond donors (Lipinski definition) is 3. The second kappa shape index (κ2) is 12.1. The topological polar surface area (TPSA) is 110 Å². The van der Waals surface area contributed by atoms with E-state index in [4.69, 9.17) is 9.15 Å². The molecule has 1 heterocycles. The summed E-state index contributed by atoms with van der Waals surface area (Å²) >= 11 is 0. The van der Waals surface area contributed by atoms with E-state index in [-0.39, 0.29) is 36.6 Å². The smallest absolute Gasteiger partial charge is 0.287 e. The van der Waals surface area contributed by atoms with Crippen LogP contribution in [0.25, 0.3) is 0 Å². The predicted molar refractivity (Wildman–Crippen MR) is 125 cm³/mol. The zero-order chi connectivity index (χ0) is 23.5. The number of benzene rings is 2. The Morgan fingerprint density at radius 3 is 2.09 bits per heavy atom. The minimum atomic E-state index is -0.340. The van der Waals surface area contributed by atoms with Crippen molar-refractivity contribution in [2.45, 2.75) is 19.8 Å². The summed E-state index contributed by atoms with van der Waals surface area (Å²) < 4.78 is 10.6. The van der Waals surface area contributed by atoms with Gasteiger partial charge >= 0.3 is 0 Å². The van der Waals surface area contributed by atoms with Crippen LogP contribution in [0.4, 0.5) is 5.69 Å². The van der Waals surface area contributed by atoms with E-state index in [0.717, 1.165) is 18.6 Å². The number of carbonyl (C=O) groups excluding carboxylic acids is 3. The molecule has 0 aliphatic heterocycles. The van der Waals surface area contributed by atoms with Crippen LogP contribution >= 0.6 is 0 Å². The fourth-order valence-electron chi connectivity index (χ4n) is 2.89. The molecule has 3 aromatic rings. The standard InChI is InChI=1S/C25H27N3O5/c1-2-3-16-32-21-12-8-19(9-13-21)24(30)28-20-10-6-18(7-11-20)23(29)26-14-15-27-25(31)22-5-4-17-33-22/h4-13,17H,2-3,14-16H2,1H3,(H,26,29)(H,27,31)(H,28,30). The van der Waals surface area contributed by atoms with Crippen molar-refractivity contribution < 1.29 is 23.5 Å². The summed E-state index contributed by atoms with van der Waals surface area (Å²) in [5.74, 6) is 0.0810. The van der Waals surface area contributed by atoms with Crippen LogP contribution in [-0.2, 0) is 0 Å². The van der Waals surface area contributed by atoms with Crippen LogP contribution < -0.4 is 20.7 Å². The average molecular weight is 450 g/mol. The highest BCUT2D eigenvalue weighted by Crippen LogP contribution is 2.15. The van der Waals surface area contributed by atoms with Crippen molar-refractivity contribution in [3.05, 3.63) is 83.8 Å². The van der Waals surface area contributed by atoms with Gasteiger partial charge in [0.2, 0.25) is 0 Å². The van der Waals surface area contributed by atoms with E-state index >= 15 is 0 Å². The molecule has 0 unspecified atom stereocenters. The molecule has 0 radical (unpaired) electrons. The zero-order valence-corrected chi connectivity index (χ0v) is 18.4. The number of unbranched alkanes of at least 4 members (excludes halogenated alkanes) is 1. The molecule has 8 nitrogen and oxygen atoms in total. The van der Waals surface area contributed by atoms with Gasteiger partial charge < -0.3 is 25.1 Å². The first-order valence-corrected chi connectivity index (χ1v) is 10.8. The molecule has 2 aromatic carbocycles.